The molecule has 0 aromatic carbocycles. The molecule has 1 saturated heterocycles. The van der Waals surface area contributed by atoms with Crippen LogP contribution < -0.4 is 21.2 Å². The molecule has 3 aliphatic rings. The number of esters is 1. The average molecular weight is 307 g/mol. The minimum absolute atomic E-state index is 0.0558. The Labute approximate surface area is 95.0 Å². The molecule has 1 aliphatic heterocycles. The second-order valence-corrected chi connectivity index (χ2v) is 7.91. The summed E-state index contributed by atoms with van der Waals surface area (Å²) >= 11 is 0.418. The second kappa shape index (κ2) is 3.09. The Morgan fingerprint density at radius 3 is 2.86 bits per heavy atom. The molecule has 4 unspecified atom stereocenters. The van der Waals surface area contributed by atoms with Gasteiger partial charge in [-0.05, 0) is 0 Å². The topological polar surface area (TPSA) is 26.3 Å². The van der Waals surface area contributed by atoms with Crippen molar-refractivity contribution in [1.29, 1.82) is 0 Å². The van der Waals surface area contributed by atoms with E-state index in [-0.39, 0.29) is 5.97 Å². The van der Waals surface area contributed by atoms with Crippen LogP contribution in [0.5, 0.6) is 0 Å². The van der Waals surface area contributed by atoms with Crippen LogP contribution >= 0.6 is 0 Å². The number of rotatable bonds is 1. The van der Waals surface area contributed by atoms with Crippen LogP contribution in [0, 0.1) is 17.3 Å². The fourth-order valence-electron chi connectivity index (χ4n) is 3.75. The van der Waals surface area contributed by atoms with E-state index in [1.165, 1.54) is 19.3 Å². The number of hydrogen-bond acceptors (Lipinski definition) is 2. The summed E-state index contributed by atoms with van der Waals surface area (Å²) in [5.74, 6) is 1.83. The molecule has 0 radical (unpaired) electrons. The van der Waals surface area contributed by atoms with E-state index in [0.717, 1.165) is 28.8 Å². The Morgan fingerprint density at radius 2 is 2.36 bits per heavy atom. The van der Waals surface area contributed by atoms with Crippen molar-refractivity contribution in [2.75, 3.05) is 11.5 Å². The molecule has 0 aromatic heterocycles. The summed E-state index contributed by atoms with van der Waals surface area (Å²) in [4.78, 5) is 13.6. The van der Waals surface area contributed by atoms with Gasteiger partial charge in [-0.1, -0.05) is 0 Å². The van der Waals surface area contributed by atoms with Gasteiger partial charge in [-0.15, -0.1) is 0 Å². The van der Waals surface area contributed by atoms with Crippen LogP contribution in [-0.2, 0) is 9.53 Å². The van der Waals surface area contributed by atoms with E-state index in [0.29, 0.717) is 26.6 Å². The average Bonchev–Trinajstić information content (AvgIpc) is 2.80. The second-order valence-electron chi connectivity index (χ2n) is 5.07. The van der Waals surface area contributed by atoms with Crippen LogP contribution in [0.15, 0.2) is 0 Å². The van der Waals surface area contributed by atoms with Crippen molar-refractivity contribution in [3.8, 4) is 0 Å². The van der Waals surface area contributed by atoms with Crippen molar-refractivity contribution < 1.29 is 30.7 Å². The molecule has 4 atom stereocenters. The SMILES string of the molecule is C[I-]C1CC2CC1CC21COC(=O)C1. The molecule has 0 amide bonds. The van der Waals surface area contributed by atoms with E-state index in [4.69, 9.17) is 4.74 Å². The minimum atomic E-state index is 0.0558. The zero-order chi connectivity index (χ0) is 9.76. The van der Waals surface area contributed by atoms with Crippen LogP contribution in [0.1, 0.15) is 25.7 Å². The predicted octanol–water partition coefficient (Wildman–Crippen LogP) is -1.56. The molecular formula is C11H16IO2-. The third-order valence-corrected chi connectivity index (χ3v) is 7.57. The number of carbonyl (C=O) groups excluding carboxylic acids is 1. The van der Waals surface area contributed by atoms with Gasteiger partial charge in [-0.3, -0.25) is 0 Å². The van der Waals surface area contributed by atoms with Gasteiger partial charge in [0.25, 0.3) is 0 Å². The van der Waals surface area contributed by atoms with Crippen LogP contribution in [0.4, 0.5) is 0 Å². The monoisotopic (exact) mass is 307 g/mol. The number of ether oxygens (including phenoxy) is 1. The van der Waals surface area contributed by atoms with E-state index in [9.17, 15) is 4.79 Å². The molecule has 14 heavy (non-hydrogen) atoms. The number of halogens is 1. The molecule has 0 aromatic rings. The number of alkyl halides is 2. The maximum atomic E-state index is 11.2. The molecule has 0 N–H and O–H groups in total. The van der Waals surface area contributed by atoms with Crippen molar-refractivity contribution in [2.24, 2.45) is 17.3 Å². The van der Waals surface area contributed by atoms with Crippen LogP contribution in [-0.4, -0.2) is 21.4 Å². The van der Waals surface area contributed by atoms with Gasteiger partial charge in [0.1, 0.15) is 0 Å². The fourth-order valence-corrected chi connectivity index (χ4v) is 6.44. The van der Waals surface area contributed by atoms with Crippen LogP contribution in [0.25, 0.3) is 0 Å². The molecule has 80 valence electrons. The molecule has 3 fully saturated rings. The molecule has 2 aliphatic carbocycles. The quantitative estimate of drug-likeness (QED) is 0.333. The van der Waals surface area contributed by atoms with Gasteiger partial charge in [-0.25, -0.2) is 0 Å². The molecule has 2 nitrogen and oxygen atoms in total. The Bertz CT molecular complexity index is 278. The number of cyclic esters (lactones) is 1. The van der Waals surface area contributed by atoms with Gasteiger partial charge in [0.2, 0.25) is 0 Å². The number of hydrogen-bond donors (Lipinski definition) is 0. The van der Waals surface area contributed by atoms with Crippen molar-refractivity contribution in [2.45, 2.75) is 29.6 Å². The first kappa shape index (κ1) is 9.43. The summed E-state index contributed by atoms with van der Waals surface area (Å²) in [6.07, 6.45) is 4.82. The van der Waals surface area contributed by atoms with Crippen molar-refractivity contribution in [1.82, 2.24) is 0 Å². The van der Waals surface area contributed by atoms with Gasteiger partial charge in [-0.2, -0.15) is 0 Å². The van der Waals surface area contributed by atoms with E-state index < -0.39 is 0 Å². The molecular weight excluding hydrogens is 291 g/mol. The summed E-state index contributed by atoms with van der Waals surface area (Å²) in [6, 6.07) is 0. The van der Waals surface area contributed by atoms with Crippen molar-refractivity contribution in [3.05, 3.63) is 0 Å². The zero-order valence-corrected chi connectivity index (χ0v) is 10.6. The first-order chi connectivity index (χ1) is 6.73. The summed E-state index contributed by atoms with van der Waals surface area (Å²) < 4.78 is 6.24. The first-order valence-corrected chi connectivity index (χ1v) is 8.77. The Kier molecular flexibility index (Phi) is 2.08. The molecule has 1 heterocycles. The Morgan fingerprint density at radius 1 is 1.50 bits per heavy atom. The van der Waals surface area contributed by atoms with Gasteiger partial charge in [0, 0.05) is 0 Å². The molecule has 1 spiro atoms. The Balaban J connectivity index is 1.79. The molecule has 3 heteroatoms. The van der Waals surface area contributed by atoms with E-state index >= 15 is 0 Å². The third-order valence-electron chi connectivity index (χ3n) is 4.44. The van der Waals surface area contributed by atoms with Crippen molar-refractivity contribution >= 4 is 5.97 Å². The summed E-state index contributed by atoms with van der Waals surface area (Å²) in [5.41, 5.74) is 0.303. The zero-order valence-electron chi connectivity index (χ0n) is 8.46. The van der Waals surface area contributed by atoms with Gasteiger partial charge in [0.05, 0.1) is 0 Å². The van der Waals surface area contributed by atoms with Crippen LogP contribution in [0.2, 0.25) is 0 Å². The summed E-state index contributed by atoms with van der Waals surface area (Å²) in [7, 11) is 0. The van der Waals surface area contributed by atoms with E-state index in [1.54, 1.807) is 0 Å². The molecule has 2 saturated carbocycles. The van der Waals surface area contributed by atoms with Gasteiger partial charge >= 0.3 is 95.1 Å². The normalized spacial score (nSPS) is 50.6. The van der Waals surface area contributed by atoms with Crippen LogP contribution in [0.3, 0.4) is 0 Å². The number of carbonyl (C=O) groups is 1. The first-order valence-electron chi connectivity index (χ1n) is 5.37. The van der Waals surface area contributed by atoms with E-state index in [2.05, 4.69) is 4.93 Å². The maximum absolute atomic E-state index is 11.2. The summed E-state index contributed by atoms with van der Waals surface area (Å²) in [6.45, 7) is 0.738. The third kappa shape index (κ3) is 1.17. The van der Waals surface area contributed by atoms with Gasteiger partial charge in [0.15, 0.2) is 0 Å². The van der Waals surface area contributed by atoms with Crippen molar-refractivity contribution in [3.63, 3.8) is 0 Å². The summed E-state index contributed by atoms with van der Waals surface area (Å²) in [5, 5.41) is 0. The Hall–Kier alpha value is 0.200. The van der Waals surface area contributed by atoms with Gasteiger partial charge < -0.3 is 0 Å². The fraction of sp³-hybridized carbons (Fsp3) is 0.909. The molecule has 2 bridgehead atoms. The van der Waals surface area contributed by atoms with E-state index in [1.807, 2.05) is 0 Å². The predicted molar refractivity (Wildman–Crippen MR) is 48.6 cm³/mol. The number of fused-ring (bicyclic) bond motifs is 3. The molecule has 3 rings (SSSR count). The standard InChI is InChI=1S/C11H16IO2/c1-12-9-3-8-2-7(9)4-11(8)5-10(13)14-6-11/h7-9H,2-6H2,1H3/q-1.